The zero-order valence-corrected chi connectivity index (χ0v) is 9.91. The molecule has 1 fully saturated rings. The van der Waals surface area contributed by atoms with Crippen molar-refractivity contribution in [3.05, 3.63) is 35.4 Å². The zero-order valence-electron chi connectivity index (χ0n) is 9.91. The molecule has 18 heavy (non-hydrogen) atoms. The monoisotopic (exact) mass is 259 g/mol. The van der Waals surface area contributed by atoms with Crippen LogP contribution >= 0.6 is 0 Å². The van der Waals surface area contributed by atoms with Crippen molar-refractivity contribution in [2.24, 2.45) is 11.7 Å². The molecule has 5 heteroatoms. The van der Waals surface area contributed by atoms with Crippen molar-refractivity contribution < 1.29 is 17.9 Å². The van der Waals surface area contributed by atoms with Gasteiger partial charge in [-0.3, -0.25) is 0 Å². The first-order valence-corrected chi connectivity index (χ1v) is 5.99. The molecular formula is C13H16F3NO. The van der Waals surface area contributed by atoms with Crippen LogP contribution in [0, 0.1) is 5.92 Å². The Hall–Kier alpha value is -1.07. The summed E-state index contributed by atoms with van der Waals surface area (Å²) in [5.74, 6) is 0.0993. The number of rotatable bonds is 2. The van der Waals surface area contributed by atoms with Gasteiger partial charge >= 0.3 is 6.18 Å². The Morgan fingerprint density at radius 3 is 2.72 bits per heavy atom. The number of halogens is 3. The lowest BCUT2D eigenvalue weighted by Gasteiger charge is -2.28. The van der Waals surface area contributed by atoms with Crippen molar-refractivity contribution in [3.8, 4) is 0 Å². The number of hydrogen-bond acceptors (Lipinski definition) is 2. The van der Waals surface area contributed by atoms with E-state index in [4.69, 9.17) is 10.5 Å². The second kappa shape index (κ2) is 5.28. The SMILES string of the molecule is NC(c1cccc(C(F)(F)F)c1)C1CCCOC1. The maximum Gasteiger partial charge on any atom is 0.416 e. The van der Waals surface area contributed by atoms with Gasteiger partial charge in [0.15, 0.2) is 0 Å². The summed E-state index contributed by atoms with van der Waals surface area (Å²) in [4.78, 5) is 0. The van der Waals surface area contributed by atoms with E-state index in [0.29, 0.717) is 18.8 Å². The van der Waals surface area contributed by atoms with Crippen LogP contribution in [0.25, 0.3) is 0 Å². The minimum Gasteiger partial charge on any atom is -0.381 e. The summed E-state index contributed by atoms with van der Waals surface area (Å²) in [6, 6.07) is 4.86. The Balaban J connectivity index is 2.17. The molecule has 0 bridgehead atoms. The molecule has 0 aliphatic carbocycles. The average Bonchev–Trinajstić information content (AvgIpc) is 2.38. The summed E-state index contributed by atoms with van der Waals surface area (Å²) in [5.41, 5.74) is 5.92. The maximum absolute atomic E-state index is 12.6. The molecule has 1 aliphatic rings. The lowest BCUT2D eigenvalue weighted by Crippen LogP contribution is -2.29. The fourth-order valence-corrected chi connectivity index (χ4v) is 2.24. The van der Waals surface area contributed by atoms with Crippen LogP contribution in [0.3, 0.4) is 0 Å². The van der Waals surface area contributed by atoms with Crippen LogP contribution in [-0.2, 0) is 10.9 Å². The van der Waals surface area contributed by atoms with Crippen LogP contribution in [0.5, 0.6) is 0 Å². The first kappa shape index (κ1) is 13.4. The number of nitrogens with two attached hydrogens (primary N) is 1. The van der Waals surface area contributed by atoms with Crippen molar-refractivity contribution in [1.29, 1.82) is 0 Å². The summed E-state index contributed by atoms with van der Waals surface area (Å²) in [6.45, 7) is 1.24. The molecule has 2 unspecified atom stereocenters. The zero-order chi connectivity index (χ0) is 13.2. The van der Waals surface area contributed by atoms with E-state index >= 15 is 0 Å². The molecule has 1 saturated heterocycles. The fraction of sp³-hybridized carbons (Fsp3) is 0.538. The Labute approximate surface area is 104 Å². The Morgan fingerprint density at radius 2 is 2.11 bits per heavy atom. The van der Waals surface area contributed by atoms with Crippen LogP contribution in [0.15, 0.2) is 24.3 Å². The molecule has 0 amide bonds. The van der Waals surface area contributed by atoms with Crippen molar-refractivity contribution in [2.45, 2.75) is 25.1 Å². The summed E-state index contributed by atoms with van der Waals surface area (Å²) >= 11 is 0. The van der Waals surface area contributed by atoms with Crippen molar-refractivity contribution in [1.82, 2.24) is 0 Å². The van der Waals surface area contributed by atoms with Crippen molar-refractivity contribution >= 4 is 0 Å². The van der Waals surface area contributed by atoms with E-state index in [1.165, 1.54) is 6.07 Å². The van der Waals surface area contributed by atoms with E-state index in [2.05, 4.69) is 0 Å². The van der Waals surface area contributed by atoms with Gasteiger partial charge in [-0.2, -0.15) is 13.2 Å². The van der Waals surface area contributed by atoms with E-state index < -0.39 is 17.8 Å². The van der Waals surface area contributed by atoms with Gasteiger partial charge in [0.25, 0.3) is 0 Å². The second-order valence-electron chi connectivity index (χ2n) is 4.63. The quantitative estimate of drug-likeness (QED) is 0.885. The van der Waals surface area contributed by atoms with Crippen LogP contribution in [0.1, 0.15) is 30.0 Å². The summed E-state index contributed by atoms with van der Waals surface area (Å²) in [7, 11) is 0. The highest BCUT2D eigenvalue weighted by Crippen LogP contribution is 2.33. The van der Waals surface area contributed by atoms with E-state index in [-0.39, 0.29) is 5.92 Å². The highest BCUT2D eigenvalue weighted by molar-refractivity contribution is 5.28. The third-order valence-corrected chi connectivity index (χ3v) is 3.30. The van der Waals surface area contributed by atoms with Crippen LogP contribution in [0.2, 0.25) is 0 Å². The van der Waals surface area contributed by atoms with Gasteiger partial charge in [0, 0.05) is 18.6 Å². The first-order valence-electron chi connectivity index (χ1n) is 5.99. The molecule has 0 radical (unpaired) electrons. The standard InChI is InChI=1S/C13H16F3NO/c14-13(15,16)11-5-1-3-9(7-11)12(17)10-4-2-6-18-8-10/h1,3,5,7,10,12H,2,4,6,8,17H2. The van der Waals surface area contributed by atoms with Gasteiger partial charge in [0.05, 0.1) is 12.2 Å². The first-order chi connectivity index (χ1) is 8.48. The molecule has 100 valence electrons. The molecule has 1 heterocycles. The highest BCUT2D eigenvalue weighted by atomic mass is 19.4. The Bertz CT molecular complexity index is 399. The molecule has 2 rings (SSSR count). The molecule has 1 aliphatic heterocycles. The number of hydrogen-bond donors (Lipinski definition) is 1. The van der Waals surface area contributed by atoms with Gasteiger partial charge in [-0.1, -0.05) is 12.1 Å². The maximum atomic E-state index is 12.6. The molecule has 2 N–H and O–H groups in total. The fourth-order valence-electron chi connectivity index (χ4n) is 2.24. The predicted molar refractivity (Wildman–Crippen MR) is 61.9 cm³/mol. The summed E-state index contributed by atoms with van der Waals surface area (Å²) in [5, 5.41) is 0. The largest absolute Gasteiger partial charge is 0.416 e. The predicted octanol–water partition coefficient (Wildman–Crippen LogP) is 3.13. The third kappa shape index (κ3) is 3.03. The van der Waals surface area contributed by atoms with Gasteiger partial charge in [-0.15, -0.1) is 0 Å². The summed E-state index contributed by atoms with van der Waals surface area (Å²) in [6.07, 6.45) is -2.51. The van der Waals surface area contributed by atoms with Crippen molar-refractivity contribution in [3.63, 3.8) is 0 Å². The number of benzene rings is 1. The molecule has 2 nitrogen and oxygen atoms in total. The highest BCUT2D eigenvalue weighted by Gasteiger charge is 2.31. The molecule has 1 aromatic carbocycles. The van der Waals surface area contributed by atoms with Crippen LogP contribution < -0.4 is 5.73 Å². The van der Waals surface area contributed by atoms with E-state index in [1.54, 1.807) is 6.07 Å². The lowest BCUT2D eigenvalue weighted by atomic mass is 9.89. The molecular weight excluding hydrogens is 243 g/mol. The molecule has 1 aromatic rings. The Kier molecular flexibility index (Phi) is 3.92. The third-order valence-electron chi connectivity index (χ3n) is 3.30. The van der Waals surface area contributed by atoms with Crippen molar-refractivity contribution in [2.75, 3.05) is 13.2 Å². The minimum atomic E-state index is -4.32. The normalized spacial score (nSPS) is 22.8. The minimum absolute atomic E-state index is 0.0993. The van der Waals surface area contributed by atoms with E-state index in [9.17, 15) is 13.2 Å². The van der Waals surface area contributed by atoms with Gasteiger partial charge in [0.2, 0.25) is 0 Å². The average molecular weight is 259 g/mol. The number of alkyl halides is 3. The molecule has 0 saturated carbocycles. The van der Waals surface area contributed by atoms with Gasteiger partial charge in [-0.05, 0) is 30.5 Å². The summed E-state index contributed by atoms with van der Waals surface area (Å²) < 4.78 is 43.1. The molecule has 0 spiro atoms. The smallest absolute Gasteiger partial charge is 0.381 e. The Morgan fingerprint density at radius 1 is 1.33 bits per heavy atom. The molecule has 2 atom stereocenters. The lowest BCUT2D eigenvalue weighted by molar-refractivity contribution is -0.137. The van der Waals surface area contributed by atoms with Crippen LogP contribution in [0.4, 0.5) is 13.2 Å². The van der Waals surface area contributed by atoms with Gasteiger partial charge in [0.1, 0.15) is 0 Å². The van der Waals surface area contributed by atoms with E-state index in [0.717, 1.165) is 25.0 Å². The van der Waals surface area contributed by atoms with Crippen LogP contribution in [-0.4, -0.2) is 13.2 Å². The molecule has 0 aromatic heterocycles. The topological polar surface area (TPSA) is 35.2 Å². The van der Waals surface area contributed by atoms with Gasteiger partial charge in [-0.25, -0.2) is 0 Å². The number of ether oxygens (including phenoxy) is 1. The van der Waals surface area contributed by atoms with Gasteiger partial charge < -0.3 is 10.5 Å². The van der Waals surface area contributed by atoms with E-state index in [1.807, 2.05) is 0 Å². The second-order valence-corrected chi connectivity index (χ2v) is 4.63.